The van der Waals surface area contributed by atoms with Gasteiger partial charge in [-0.1, -0.05) is 60.3 Å². The largest absolute Gasteiger partial charge is 0.454 e. The van der Waals surface area contributed by atoms with Gasteiger partial charge in [0, 0.05) is 5.54 Å². The molecule has 2 aromatic carbocycles. The van der Waals surface area contributed by atoms with Gasteiger partial charge in [-0.2, -0.15) is 0 Å². The number of halogens is 1. The minimum atomic E-state index is -1.73. The highest BCUT2D eigenvalue weighted by atomic mass is 79.9. The summed E-state index contributed by atoms with van der Waals surface area (Å²) < 4.78 is 12.4. The Labute approximate surface area is 163 Å². The summed E-state index contributed by atoms with van der Waals surface area (Å²) in [7, 11) is -1.73. The van der Waals surface area contributed by atoms with Gasteiger partial charge < -0.3 is 9.47 Å². The number of allylic oxidation sites excluding steroid dienone is 2. The van der Waals surface area contributed by atoms with Crippen LogP contribution in [0.25, 0.3) is 12.2 Å². The highest BCUT2D eigenvalue weighted by molar-refractivity contribution is 9.10. The van der Waals surface area contributed by atoms with Crippen LogP contribution in [-0.2, 0) is 6.42 Å². The first kappa shape index (κ1) is 16.4. The second-order valence-electron chi connectivity index (χ2n) is 8.02. The van der Waals surface area contributed by atoms with Gasteiger partial charge in [0.1, 0.15) is 0 Å². The number of hydrogen-bond donors (Lipinski definition) is 0. The normalized spacial score (nSPS) is 19.9. The van der Waals surface area contributed by atoms with Crippen molar-refractivity contribution in [1.82, 2.24) is 0 Å². The molecule has 5 rings (SSSR count). The van der Waals surface area contributed by atoms with Crippen LogP contribution in [0, 0.1) is 0 Å². The van der Waals surface area contributed by atoms with Gasteiger partial charge in [0.15, 0.2) is 11.5 Å². The number of rotatable bonds is 2. The molecule has 0 N–H and O–H groups in total. The maximum absolute atomic E-state index is 5.70. The van der Waals surface area contributed by atoms with Crippen LogP contribution in [0.15, 0.2) is 45.6 Å². The molecule has 1 heterocycles. The van der Waals surface area contributed by atoms with E-state index in [2.05, 4.69) is 78.4 Å². The molecule has 2 aromatic rings. The van der Waals surface area contributed by atoms with Crippen molar-refractivity contribution in [2.75, 3.05) is 6.79 Å². The molecule has 1 aliphatic heterocycles. The molecule has 132 valence electrons. The maximum atomic E-state index is 5.70. The van der Waals surface area contributed by atoms with Gasteiger partial charge >= 0.3 is 0 Å². The smallest absolute Gasteiger partial charge is 0.231 e. The lowest BCUT2D eigenvalue weighted by Crippen LogP contribution is -2.38. The van der Waals surface area contributed by atoms with Crippen molar-refractivity contribution in [2.24, 2.45) is 0 Å². The molecule has 0 radical (unpaired) electrons. The summed E-state index contributed by atoms with van der Waals surface area (Å²) in [5.41, 5.74) is 7.46. The molecule has 0 bridgehead atoms. The summed E-state index contributed by atoms with van der Waals surface area (Å²) in [5.74, 6) is 1.72. The van der Waals surface area contributed by atoms with Crippen molar-refractivity contribution in [3.8, 4) is 11.5 Å². The van der Waals surface area contributed by atoms with Crippen LogP contribution in [0.5, 0.6) is 11.5 Å². The monoisotopic (exact) mass is 424 g/mol. The Morgan fingerprint density at radius 2 is 1.92 bits per heavy atom. The Bertz CT molecular complexity index is 1000. The van der Waals surface area contributed by atoms with E-state index in [1.807, 2.05) is 0 Å². The van der Waals surface area contributed by atoms with E-state index in [1.54, 1.807) is 5.20 Å². The van der Waals surface area contributed by atoms with Crippen LogP contribution < -0.4 is 9.47 Å². The van der Waals surface area contributed by atoms with Crippen LogP contribution in [0.1, 0.15) is 34.7 Å². The average molecular weight is 425 g/mol. The summed E-state index contributed by atoms with van der Waals surface area (Å²) in [4.78, 5) is 0. The standard InChI is InChI=1S/C22H21BrO2Si/c1-13-8-17-18(11-19-21(20(17)23)25-12-24-19)22(13)26(2,3)16-9-14-6-4-5-7-15(14)10-16/h4-9,11,22H,10,12H2,1-3H3. The Morgan fingerprint density at radius 1 is 1.12 bits per heavy atom. The van der Waals surface area contributed by atoms with Gasteiger partial charge in [-0.3, -0.25) is 0 Å². The summed E-state index contributed by atoms with van der Waals surface area (Å²) >= 11 is 3.76. The second-order valence-corrected chi connectivity index (χ2v) is 13.5. The number of fused-ring (bicyclic) bond motifs is 3. The number of hydrogen-bond acceptors (Lipinski definition) is 2. The van der Waals surface area contributed by atoms with Crippen LogP contribution in [0.2, 0.25) is 13.1 Å². The minimum absolute atomic E-state index is 0.311. The summed E-state index contributed by atoms with van der Waals surface area (Å²) in [5, 5.41) is 1.64. The van der Waals surface area contributed by atoms with E-state index in [0.717, 1.165) is 22.4 Å². The zero-order valence-electron chi connectivity index (χ0n) is 15.2. The van der Waals surface area contributed by atoms with Gasteiger partial charge in [-0.05, 0) is 57.6 Å². The van der Waals surface area contributed by atoms with Crippen molar-refractivity contribution in [1.29, 1.82) is 0 Å². The molecule has 0 aromatic heterocycles. The minimum Gasteiger partial charge on any atom is -0.454 e. The van der Waals surface area contributed by atoms with Gasteiger partial charge in [0.05, 0.1) is 12.5 Å². The molecule has 4 heteroatoms. The highest BCUT2D eigenvalue weighted by Crippen LogP contribution is 2.53. The second kappa shape index (κ2) is 5.60. The van der Waals surface area contributed by atoms with E-state index in [-0.39, 0.29) is 0 Å². The zero-order valence-corrected chi connectivity index (χ0v) is 17.8. The van der Waals surface area contributed by atoms with Crippen molar-refractivity contribution in [2.45, 2.75) is 32.0 Å². The number of benzene rings is 2. The molecule has 2 aliphatic carbocycles. The van der Waals surface area contributed by atoms with Crippen LogP contribution in [0.4, 0.5) is 0 Å². The van der Waals surface area contributed by atoms with Crippen molar-refractivity contribution in [3.05, 3.63) is 67.8 Å². The molecule has 0 fully saturated rings. The van der Waals surface area contributed by atoms with Gasteiger partial charge in [0.25, 0.3) is 0 Å². The fourth-order valence-corrected chi connectivity index (χ4v) is 9.25. The molecular formula is C22H21BrO2Si. The van der Waals surface area contributed by atoms with Crippen molar-refractivity contribution >= 4 is 36.2 Å². The fourth-order valence-electron chi connectivity index (χ4n) is 4.81. The van der Waals surface area contributed by atoms with E-state index >= 15 is 0 Å². The summed E-state index contributed by atoms with van der Waals surface area (Å²) in [6, 6.07) is 11.0. The first-order valence-corrected chi connectivity index (χ1v) is 12.9. The topological polar surface area (TPSA) is 18.5 Å². The van der Waals surface area contributed by atoms with Crippen LogP contribution in [-0.4, -0.2) is 14.9 Å². The van der Waals surface area contributed by atoms with E-state index in [9.17, 15) is 0 Å². The van der Waals surface area contributed by atoms with Gasteiger partial charge in [-0.15, -0.1) is 0 Å². The van der Waals surface area contributed by atoms with Gasteiger partial charge in [0.2, 0.25) is 6.79 Å². The predicted octanol–water partition coefficient (Wildman–Crippen LogP) is 6.10. The molecule has 1 atom stereocenters. The molecule has 26 heavy (non-hydrogen) atoms. The molecule has 3 aliphatic rings. The Morgan fingerprint density at radius 3 is 2.73 bits per heavy atom. The molecule has 1 unspecified atom stereocenters. The highest BCUT2D eigenvalue weighted by Gasteiger charge is 2.43. The third kappa shape index (κ3) is 2.21. The molecule has 0 saturated carbocycles. The molecule has 0 spiro atoms. The van der Waals surface area contributed by atoms with Crippen LogP contribution in [0.3, 0.4) is 0 Å². The van der Waals surface area contributed by atoms with E-state index in [0.29, 0.717) is 12.3 Å². The Kier molecular flexibility index (Phi) is 3.53. The number of ether oxygens (including phenoxy) is 2. The predicted molar refractivity (Wildman–Crippen MR) is 112 cm³/mol. The average Bonchev–Trinajstić information content (AvgIpc) is 3.31. The first-order valence-electron chi connectivity index (χ1n) is 9.06. The zero-order chi connectivity index (χ0) is 18.1. The lowest BCUT2D eigenvalue weighted by atomic mass is 10.1. The first-order chi connectivity index (χ1) is 12.5. The third-order valence-corrected chi connectivity index (χ3v) is 11.1. The molecule has 0 saturated heterocycles. The van der Waals surface area contributed by atoms with Crippen LogP contribution >= 0.6 is 15.9 Å². The molecule has 2 nitrogen and oxygen atoms in total. The molecular weight excluding hydrogens is 404 g/mol. The van der Waals surface area contributed by atoms with E-state index in [4.69, 9.17) is 9.47 Å². The van der Waals surface area contributed by atoms with Crippen molar-refractivity contribution < 1.29 is 9.47 Å². The van der Waals surface area contributed by atoms with Crippen molar-refractivity contribution in [3.63, 3.8) is 0 Å². The van der Waals surface area contributed by atoms with E-state index in [1.165, 1.54) is 27.8 Å². The lowest BCUT2D eigenvalue weighted by Gasteiger charge is -2.33. The van der Waals surface area contributed by atoms with E-state index < -0.39 is 8.07 Å². The SMILES string of the molecule is CC1=Cc2c(cc3c(c2Br)OCO3)C1[Si](C)(C)C1=Cc2ccccc2C1. The molecule has 0 amide bonds. The Hall–Kier alpha value is -1.78. The third-order valence-electron chi connectivity index (χ3n) is 6.13. The summed E-state index contributed by atoms with van der Waals surface area (Å²) in [6.07, 6.45) is 5.89. The lowest BCUT2D eigenvalue weighted by molar-refractivity contribution is 0.173. The summed E-state index contributed by atoms with van der Waals surface area (Å²) in [6.45, 7) is 7.62. The Balaban J connectivity index is 1.60. The quantitative estimate of drug-likeness (QED) is 0.541. The maximum Gasteiger partial charge on any atom is 0.231 e. The van der Waals surface area contributed by atoms with Gasteiger partial charge in [-0.25, -0.2) is 0 Å². The fraction of sp³-hybridized carbons (Fsp3) is 0.273.